The van der Waals surface area contributed by atoms with Crippen LogP contribution >= 0.6 is 12.4 Å². The summed E-state index contributed by atoms with van der Waals surface area (Å²) in [5.41, 5.74) is 0.297. The summed E-state index contributed by atoms with van der Waals surface area (Å²) in [6, 6.07) is 7.58. The number of aromatic nitrogens is 2. The molecule has 0 radical (unpaired) electrons. The van der Waals surface area contributed by atoms with E-state index in [0.717, 1.165) is 18.3 Å². The summed E-state index contributed by atoms with van der Waals surface area (Å²) in [4.78, 5) is 16.9. The number of nitrogens with one attached hydrogen (secondary N) is 1. The summed E-state index contributed by atoms with van der Waals surface area (Å²) in [5, 5.41) is 3.08. The zero-order chi connectivity index (χ0) is 21.3. The molecule has 0 spiro atoms. The molecule has 0 bridgehead atoms. The molecule has 4 rings (SSSR count). The van der Waals surface area contributed by atoms with E-state index < -0.39 is 21.4 Å². The van der Waals surface area contributed by atoms with Crippen LogP contribution in [0.2, 0.25) is 0 Å². The molecule has 1 N–H and O–H groups in total. The van der Waals surface area contributed by atoms with Crippen molar-refractivity contribution in [3.63, 3.8) is 0 Å². The Labute approximate surface area is 186 Å². The first kappa shape index (κ1) is 23.3. The third-order valence-electron chi connectivity index (χ3n) is 5.35. The molecule has 1 aromatic carbocycles. The van der Waals surface area contributed by atoms with Gasteiger partial charge in [-0.25, -0.2) is 12.8 Å². The lowest BCUT2D eigenvalue weighted by Crippen LogP contribution is -2.41. The van der Waals surface area contributed by atoms with Crippen molar-refractivity contribution >= 4 is 33.2 Å². The van der Waals surface area contributed by atoms with Crippen LogP contribution in [0.4, 0.5) is 4.39 Å². The number of halogens is 2. The highest BCUT2D eigenvalue weighted by Crippen LogP contribution is 2.28. The molecular formula is C21H24ClFN4O3S. The first-order valence-corrected chi connectivity index (χ1v) is 11.3. The van der Waals surface area contributed by atoms with Crippen LogP contribution in [0, 0.1) is 5.82 Å². The molecule has 0 amide bonds. The van der Waals surface area contributed by atoms with Crippen molar-refractivity contribution in [3.8, 4) is 0 Å². The van der Waals surface area contributed by atoms with Crippen molar-refractivity contribution in [3.05, 3.63) is 70.7 Å². The molecule has 1 fully saturated rings. The zero-order valence-electron chi connectivity index (χ0n) is 17.0. The number of hydrogen-bond donors (Lipinski definition) is 1. The Bertz CT molecular complexity index is 1230. The van der Waals surface area contributed by atoms with Crippen molar-refractivity contribution in [2.75, 3.05) is 19.6 Å². The van der Waals surface area contributed by atoms with E-state index in [4.69, 9.17) is 0 Å². The van der Waals surface area contributed by atoms with Crippen LogP contribution in [-0.2, 0) is 16.6 Å². The molecule has 166 valence electrons. The Hall–Kier alpha value is -2.33. The lowest BCUT2D eigenvalue weighted by molar-refractivity contribution is 0.353. The summed E-state index contributed by atoms with van der Waals surface area (Å²) in [6.45, 7) is 3.54. The summed E-state index contributed by atoms with van der Waals surface area (Å²) < 4.78 is 44.7. The van der Waals surface area contributed by atoms with Crippen LogP contribution in [0.1, 0.15) is 18.9 Å². The van der Waals surface area contributed by atoms with Gasteiger partial charge >= 0.3 is 0 Å². The van der Waals surface area contributed by atoms with E-state index in [9.17, 15) is 13.2 Å². The third kappa shape index (κ3) is 4.50. The number of nitrogens with zero attached hydrogens (tertiary/aromatic N) is 3. The molecule has 2 aromatic heterocycles. The van der Waals surface area contributed by atoms with E-state index in [1.54, 1.807) is 24.5 Å². The highest BCUT2D eigenvalue weighted by atomic mass is 35.5. The average molecular weight is 467 g/mol. The van der Waals surface area contributed by atoms with E-state index in [1.807, 2.05) is 6.92 Å². The predicted octanol–water partition coefficient (Wildman–Crippen LogP) is 2.38. The number of rotatable bonds is 4. The maximum atomic E-state index is 15.2. The van der Waals surface area contributed by atoms with Crippen molar-refractivity contribution in [1.29, 1.82) is 0 Å². The maximum absolute atomic E-state index is 15.2. The first-order chi connectivity index (χ1) is 14.4. The molecule has 10 heteroatoms. The van der Waals surface area contributed by atoms with Crippen molar-refractivity contribution < 1.29 is 12.8 Å². The fraction of sp³-hybridized carbons (Fsp3) is 0.333. The van der Waals surface area contributed by atoms with Gasteiger partial charge in [0.05, 0.1) is 16.8 Å². The summed E-state index contributed by atoms with van der Waals surface area (Å²) >= 11 is 0. The summed E-state index contributed by atoms with van der Waals surface area (Å²) in [6.07, 6.45) is 4.95. The van der Waals surface area contributed by atoms with Gasteiger partial charge in [0.1, 0.15) is 5.82 Å². The molecule has 7 nitrogen and oxygen atoms in total. The molecule has 1 aliphatic rings. The normalized spacial score (nSPS) is 17.8. The first-order valence-electron chi connectivity index (χ1n) is 9.82. The van der Waals surface area contributed by atoms with E-state index in [1.165, 1.54) is 27.1 Å². The van der Waals surface area contributed by atoms with Gasteiger partial charge in [-0.1, -0.05) is 12.1 Å². The highest BCUT2D eigenvalue weighted by Gasteiger charge is 2.32. The standard InChI is InChI=1S/C21H23FN4O3S.ClH/c1-15-11-23-9-4-10-26(15)30(28,29)19-7-2-6-17-20(19)18(22)14-25(21(17)27)13-16-5-3-8-24-12-16;/h2-3,5-8,12,14-15,23H,4,9-11,13H2,1H3;1H/t15-;/m1./s1. The minimum absolute atomic E-state index is 0. The Balaban J connectivity index is 0.00000272. The van der Waals surface area contributed by atoms with Gasteiger partial charge in [-0.05, 0) is 43.7 Å². The quantitative estimate of drug-likeness (QED) is 0.638. The molecule has 1 saturated heterocycles. The van der Waals surface area contributed by atoms with E-state index >= 15 is 4.39 Å². The average Bonchev–Trinajstić information content (AvgIpc) is 2.97. The summed E-state index contributed by atoms with van der Waals surface area (Å²) in [7, 11) is -3.98. The Morgan fingerprint density at radius 1 is 1.26 bits per heavy atom. The molecule has 3 aromatic rings. The topological polar surface area (TPSA) is 84.3 Å². The number of hydrogen-bond acceptors (Lipinski definition) is 5. The van der Waals surface area contributed by atoms with E-state index in [0.29, 0.717) is 19.5 Å². The molecule has 31 heavy (non-hydrogen) atoms. The van der Waals surface area contributed by atoms with Crippen LogP contribution in [0.25, 0.3) is 10.8 Å². The summed E-state index contributed by atoms with van der Waals surface area (Å²) in [5.74, 6) is -0.742. The Kier molecular flexibility index (Phi) is 7.10. The fourth-order valence-electron chi connectivity index (χ4n) is 3.87. The van der Waals surface area contributed by atoms with Crippen LogP contribution in [0.5, 0.6) is 0 Å². The minimum Gasteiger partial charge on any atom is -0.315 e. The molecule has 3 heterocycles. The molecule has 1 atom stereocenters. The second-order valence-corrected chi connectivity index (χ2v) is 9.33. The maximum Gasteiger partial charge on any atom is 0.258 e. The smallest absolute Gasteiger partial charge is 0.258 e. The van der Waals surface area contributed by atoms with Gasteiger partial charge in [0.25, 0.3) is 5.56 Å². The van der Waals surface area contributed by atoms with Gasteiger partial charge in [-0.3, -0.25) is 9.78 Å². The van der Waals surface area contributed by atoms with Gasteiger partial charge in [-0.2, -0.15) is 4.31 Å². The number of benzene rings is 1. The van der Waals surface area contributed by atoms with E-state index in [-0.39, 0.29) is 40.7 Å². The van der Waals surface area contributed by atoms with Gasteiger partial charge in [0.15, 0.2) is 0 Å². The van der Waals surface area contributed by atoms with Gasteiger partial charge in [-0.15, -0.1) is 12.4 Å². The highest BCUT2D eigenvalue weighted by molar-refractivity contribution is 7.89. The van der Waals surface area contributed by atoms with Crippen LogP contribution < -0.4 is 10.9 Å². The van der Waals surface area contributed by atoms with Crippen molar-refractivity contribution in [1.82, 2.24) is 19.2 Å². The lowest BCUT2D eigenvalue weighted by atomic mass is 10.1. The van der Waals surface area contributed by atoms with Crippen LogP contribution in [0.3, 0.4) is 0 Å². The predicted molar refractivity (Wildman–Crippen MR) is 120 cm³/mol. The number of pyridine rings is 2. The van der Waals surface area contributed by atoms with Crippen molar-refractivity contribution in [2.24, 2.45) is 0 Å². The molecule has 1 aliphatic heterocycles. The Morgan fingerprint density at radius 3 is 2.81 bits per heavy atom. The lowest BCUT2D eigenvalue weighted by Gasteiger charge is -2.26. The monoisotopic (exact) mass is 466 g/mol. The SMILES string of the molecule is C[C@@H]1CNCCCN1S(=O)(=O)c1cccc2c(=O)n(Cc3cccnc3)cc(F)c12.Cl. The van der Waals surface area contributed by atoms with Crippen molar-refractivity contribution in [2.45, 2.75) is 30.8 Å². The number of sulfonamides is 1. The Morgan fingerprint density at radius 2 is 2.06 bits per heavy atom. The van der Waals surface area contributed by atoms with E-state index in [2.05, 4.69) is 10.3 Å². The molecule has 0 aliphatic carbocycles. The van der Waals surface area contributed by atoms with Crippen LogP contribution in [0.15, 0.2) is 58.6 Å². The molecule has 0 saturated carbocycles. The second-order valence-electron chi connectivity index (χ2n) is 7.47. The second kappa shape index (κ2) is 9.44. The zero-order valence-corrected chi connectivity index (χ0v) is 18.6. The molecular weight excluding hydrogens is 443 g/mol. The van der Waals surface area contributed by atoms with Gasteiger partial charge in [0.2, 0.25) is 10.0 Å². The third-order valence-corrected chi connectivity index (χ3v) is 7.41. The van der Waals surface area contributed by atoms with Crippen LogP contribution in [-0.4, -0.2) is 48.0 Å². The molecule has 0 unspecified atom stereocenters. The van der Waals surface area contributed by atoms with Gasteiger partial charge in [0, 0.05) is 43.1 Å². The fourth-order valence-corrected chi connectivity index (χ4v) is 5.75. The minimum atomic E-state index is -3.98. The van der Waals surface area contributed by atoms with Gasteiger partial charge < -0.3 is 9.88 Å². The largest absolute Gasteiger partial charge is 0.315 e. The number of fused-ring (bicyclic) bond motifs is 1.